The molecule has 2 atom stereocenters. The largest absolute Gasteiger partial charge is 0.389 e. The van der Waals surface area contributed by atoms with Crippen molar-refractivity contribution in [3.63, 3.8) is 0 Å². The summed E-state index contributed by atoms with van der Waals surface area (Å²) >= 11 is 0. The maximum Gasteiger partial charge on any atom is 0.0771 e. The van der Waals surface area contributed by atoms with Gasteiger partial charge in [-0.1, -0.05) is 52.4 Å². The maximum atomic E-state index is 10.7. The lowest BCUT2D eigenvalue weighted by molar-refractivity contribution is 0.0205. The molecule has 0 saturated heterocycles. The Labute approximate surface area is 125 Å². The molecule has 0 aromatic heterocycles. The van der Waals surface area contributed by atoms with Crippen molar-refractivity contribution in [3.8, 4) is 0 Å². The highest BCUT2D eigenvalue weighted by Crippen LogP contribution is 2.31. The molecular formula is C18H35NO. The highest BCUT2D eigenvalue weighted by Gasteiger charge is 2.30. The first-order valence-corrected chi connectivity index (χ1v) is 9.03. The van der Waals surface area contributed by atoms with Gasteiger partial charge in [-0.3, -0.25) is 0 Å². The van der Waals surface area contributed by atoms with E-state index in [0.717, 1.165) is 31.2 Å². The molecule has 0 aliphatic heterocycles. The van der Waals surface area contributed by atoms with Crippen LogP contribution < -0.4 is 5.32 Å². The molecule has 2 unspecified atom stereocenters. The van der Waals surface area contributed by atoms with Gasteiger partial charge in [-0.15, -0.1) is 0 Å². The van der Waals surface area contributed by atoms with Crippen LogP contribution in [0.2, 0.25) is 0 Å². The number of hydrogen-bond acceptors (Lipinski definition) is 2. The minimum absolute atomic E-state index is 0.415. The van der Waals surface area contributed by atoms with Crippen LogP contribution in [0.5, 0.6) is 0 Å². The molecule has 0 bridgehead atoms. The Hall–Kier alpha value is -0.0800. The molecule has 2 saturated carbocycles. The van der Waals surface area contributed by atoms with Gasteiger partial charge >= 0.3 is 0 Å². The fraction of sp³-hybridized carbons (Fsp3) is 1.00. The summed E-state index contributed by atoms with van der Waals surface area (Å²) in [5, 5.41) is 14.4. The lowest BCUT2D eigenvalue weighted by atomic mass is 9.81. The number of aliphatic hydroxyl groups is 1. The van der Waals surface area contributed by atoms with Crippen molar-refractivity contribution in [3.05, 3.63) is 0 Å². The summed E-state index contributed by atoms with van der Waals surface area (Å²) in [5.41, 5.74) is -0.415. The van der Waals surface area contributed by atoms with E-state index < -0.39 is 5.60 Å². The van der Waals surface area contributed by atoms with Crippen LogP contribution in [-0.2, 0) is 0 Å². The Morgan fingerprint density at radius 2 is 1.75 bits per heavy atom. The quantitative estimate of drug-likeness (QED) is 0.738. The summed E-state index contributed by atoms with van der Waals surface area (Å²) in [6, 6.07) is 0.653. The average molecular weight is 281 g/mol. The highest BCUT2D eigenvalue weighted by molar-refractivity contribution is 4.86. The first-order valence-electron chi connectivity index (χ1n) is 9.03. The zero-order valence-corrected chi connectivity index (χ0v) is 13.7. The molecule has 118 valence electrons. The zero-order chi connectivity index (χ0) is 14.4. The topological polar surface area (TPSA) is 32.3 Å². The van der Waals surface area contributed by atoms with Crippen LogP contribution in [0.25, 0.3) is 0 Å². The van der Waals surface area contributed by atoms with Crippen LogP contribution >= 0.6 is 0 Å². The summed E-state index contributed by atoms with van der Waals surface area (Å²) in [4.78, 5) is 0. The molecule has 0 spiro atoms. The lowest BCUT2D eigenvalue weighted by Crippen LogP contribution is -2.45. The van der Waals surface area contributed by atoms with E-state index in [1.54, 1.807) is 0 Å². The molecule has 0 aromatic rings. The third kappa shape index (κ3) is 5.37. The van der Waals surface area contributed by atoms with Gasteiger partial charge in [0.2, 0.25) is 0 Å². The fourth-order valence-electron chi connectivity index (χ4n) is 4.25. The van der Waals surface area contributed by atoms with Gasteiger partial charge in [-0.05, 0) is 43.9 Å². The smallest absolute Gasteiger partial charge is 0.0771 e. The Kier molecular flexibility index (Phi) is 6.35. The van der Waals surface area contributed by atoms with Gasteiger partial charge < -0.3 is 10.4 Å². The van der Waals surface area contributed by atoms with Gasteiger partial charge in [0, 0.05) is 12.6 Å². The van der Waals surface area contributed by atoms with Gasteiger partial charge in [-0.25, -0.2) is 0 Å². The monoisotopic (exact) mass is 281 g/mol. The zero-order valence-electron chi connectivity index (χ0n) is 13.7. The molecule has 2 N–H and O–H groups in total. The summed E-state index contributed by atoms with van der Waals surface area (Å²) < 4.78 is 0. The molecule has 2 aliphatic carbocycles. The van der Waals surface area contributed by atoms with Crippen molar-refractivity contribution in [2.45, 2.75) is 96.1 Å². The lowest BCUT2D eigenvalue weighted by Gasteiger charge is -2.34. The summed E-state index contributed by atoms with van der Waals surface area (Å²) in [6.07, 6.45) is 13.8. The summed E-state index contributed by atoms with van der Waals surface area (Å²) in [5.74, 6) is 1.73. The second-order valence-electron chi connectivity index (χ2n) is 7.88. The highest BCUT2D eigenvalue weighted by atomic mass is 16.3. The molecule has 0 radical (unpaired) electrons. The van der Waals surface area contributed by atoms with Gasteiger partial charge in [0.1, 0.15) is 0 Å². The first kappa shape index (κ1) is 16.3. The predicted molar refractivity (Wildman–Crippen MR) is 85.9 cm³/mol. The predicted octanol–water partition coefficient (Wildman–Crippen LogP) is 4.27. The Morgan fingerprint density at radius 3 is 2.40 bits per heavy atom. The molecule has 0 aromatic carbocycles. The van der Waals surface area contributed by atoms with E-state index in [-0.39, 0.29) is 0 Å². The standard InChI is InChI=1S/C18H35NO/c1-15(2)12-16-8-7-9-17(13-16)19-14-18(20)10-5-3-4-6-11-18/h15-17,19-20H,3-14H2,1-2H3. The van der Waals surface area contributed by atoms with Crippen LogP contribution in [0.3, 0.4) is 0 Å². The molecule has 2 aliphatic rings. The van der Waals surface area contributed by atoms with Crippen LogP contribution in [0.1, 0.15) is 84.5 Å². The van der Waals surface area contributed by atoms with E-state index in [2.05, 4.69) is 19.2 Å². The van der Waals surface area contributed by atoms with E-state index >= 15 is 0 Å². The minimum Gasteiger partial charge on any atom is -0.389 e. The van der Waals surface area contributed by atoms with Crippen molar-refractivity contribution in [1.29, 1.82) is 0 Å². The SMILES string of the molecule is CC(C)CC1CCCC(NCC2(O)CCCCCC2)C1. The second-order valence-corrected chi connectivity index (χ2v) is 7.88. The maximum absolute atomic E-state index is 10.7. The van der Waals surface area contributed by atoms with E-state index in [0.29, 0.717) is 6.04 Å². The van der Waals surface area contributed by atoms with Crippen LogP contribution in [0.15, 0.2) is 0 Å². The number of rotatable bonds is 5. The molecule has 20 heavy (non-hydrogen) atoms. The Morgan fingerprint density at radius 1 is 1.05 bits per heavy atom. The van der Waals surface area contributed by atoms with Gasteiger partial charge in [-0.2, -0.15) is 0 Å². The van der Waals surface area contributed by atoms with E-state index in [1.165, 1.54) is 57.8 Å². The molecule has 2 rings (SSSR count). The minimum atomic E-state index is -0.415. The van der Waals surface area contributed by atoms with Crippen LogP contribution in [-0.4, -0.2) is 23.3 Å². The molecule has 0 heterocycles. The summed E-state index contributed by atoms with van der Waals surface area (Å²) in [6.45, 7) is 5.50. The van der Waals surface area contributed by atoms with Crippen molar-refractivity contribution in [1.82, 2.24) is 5.32 Å². The molecule has 2 fully saturated rings. The van der Waals surface area contributed by atoms with Crippen LogP contribution in [0.4, 0.5) is 0 Å². The van der Waals surface area contributed by atoms with E-state index in [1.807, 2.05) is 0 Å². The van der Waals surface area contributed by atoms with Gasteiger partial charge in [0.15, 0.2) is 0 Å². The molecule has 0 amide bonds. The average Bonchev–Trinajstić information content (AvgIpc) is 2.62. The normalized spacial score (nSPS) is 31.2. The molecule has 2 nitrogen and oxygen atoms in total. The number of hydrogen-bond donors (Lipinski definition) is 2. The van der Waals surface area contributed by atoms with Gasteiger partial charge in [0.25, 0.3) is 0 Å². The second kappa shape index (κ2) is 7.79. The van der Waals surface area contributed by atoms with Crippen LogP contribution in [0, 0.1) is 11.8 Å². The van der Waals surface area contributed by atoms with E-state index in [4.69, 9.17) is 0 Å². The summed E-state index contributed by atoms with van der Waals surface area (Å²) in [7, 11) is 0. The first-order chi connectivity index (χ1) is 9.57. The molecule has 2 heteroatoms. The fourth-order valence-corrected chi connectivity index (χ4v) is 4.25. The third-order valence-corrected chi connectivity index (χ3v) is 5.34. The van der Waals surface area contributed by atoms with Gasteiger partial charge in [0.05, 0.1) is 5.60 Å². The van der Waals surface area contributed by atoms with Crippen molar-refractivity contribution in [2.24, 2.45) is 11.8 Å². The number of nitrogens with one attached hydrogen (secondary N) is 1. The van der Waals surface area contributed by atoms with Crippen molar-refractivity contribution < 1.29 is 5.11 Å². The molecular weight excluding hydrogens is 246 g/mol. The third-order valence-electron chi connectivity index (χ3n) is 5.34. The van der Waals surface area contributed by atoms with Crippen molar-refractivity contribution in [2.75, 3.05) is 6.54 Å². The van der Waals surface area contributed by atoms with Crippen molar-refractivity contribution >= 4 is 0 Å². The Bertz CT molecular complexity index is 269. The Balaban J connectivity index is 1.74. The van der Waals surface area contributed by atoms with E-state index in [9.17, 15) is 5.11 Å².